The molecule has 5 heteroatoms. The van der Waals surface area contributed by atoms with Gasteiger partial charge in [-0.2, -0.15) is 0 Å². The molecule has 0 radical (unpaired) electrons. The summed E-state index contributed by atoms with van der Waals surface area (Å²) in [5.41, 5.74) is 6.17. The number of hydrogen-bond acceptors (Lipinski definition) is 4. The Balaban J connectivity index is 2.35. The molecule has 1 amide bonds. The van der Waals surface area contributed by atoms with E-state index in [1.807, 2.05) is 6.07 Å². The molecule has 0 aliphatic carbocycles. The molecule has 1 aromatic rings. The fourth-order valence-corrected chi connectivity index (χ4v) is 1.80. The fraction of sp³-hybridized carbons (Fsp3) is 0.364. The molecule has 1 aromatic carbocycles. The van der Waals surface area contributed by atoms with Crippen molar-refractivity contribution in [2.24, 2.45) is 5.73 Å². The van der Waals surface area contributed by atoms with Gasteiger partial charge in [0.1, 0.15) is 6.04 Å². The van der Waals surface area contributed by atoms with Gasteiger partial charge in [0, 0.05) is 0 Å². The van der Waals surface area contributed by atoms with Crippen LogP contribution in [0, 0.1) is 0 Å². The van der Waals surface area contributed by atoms with E-state index in [1.54, 1.807) is 31.1 Å². The van der Waals surface area contributed by atoms with Crippen molar-refractivity contribution in [2.75, 3.05) is 20.9 Å². The van der Waals surface area contributed by atoms with E-state index in [-0.39, 0.29) is 12.7 Å². The van der Waals surface area contributed by atoms with Gasteiger partial charge >= 0.3 is 0 Å². The number of fused-ring (bicyclic) bond motifs is 1. The van der Waals surface area contributed by atoms with E-state index in [2.05, 4.69) is 0 Å². The predicted octanol–water partition coefficient (Wildman–Crippen LogP) is 0.503. The molecule has 0 fully saturated rings. The van der Waals surface area contributed by atoms with E-state index < -0.39 is 6.04 Å². The topological polar surface area (TPSA) is 64.8 Å². The Hall–Kier alpha value is -1.75. The first kappa shape index (κ1) is 10.8. The summed E-state index contributed by atoms with van der Waals surface area (Å²) in [4.78, 5) is 13.1. The minimum absolute atomic E-state index is 0.224. The number of rotatable bonds is 3. The minimum Gasteiger partial charge on any atom is -0.454 e. The molecule has 2 N–H and O–H groups in total. The summed E-state index contributed by atoms with van der Waals surface area (Å²) >= 11 is 0. The number of amides is 1. The van der Waals surface area contributed by atoms with E-state index in [0.29, 0.717) is 11.5 Å². The molecular formula is C11H14N2O3. The Bertz CT molecular complexity index is 418. The number of benzene rings is 1. The zero-order valence-electron chi connectivity index (χ0n) is 9.27. The molecule has 0 spiro atoms. The van der Waals surface area contributed by atoms with Crippen LogP contribution in [0.2, 0.25) is 0 Å². The molecule has 1 heterocycles. The molecule has 0 aromatic heterocycles. The number of primary amides is 1. The summed E-state index contributed by atoms with van der Waals surface area (Å²) in [6.07, 6.45) is 0. The molecule has 2 rings (SSSR count). The number of carbonyl (C=O) groups is 1. The van der Waals surface area contributed by atoms with Crippen molar-refractivity contribution in [3.05, 3.63) is 23.8 Å². The molecule has 5 nitrogen and oxygen atoms in total. The second-order valence-electron chi connectivity index (χ2n) is 3.88. The third-order valence-corrected chi connectivity index (χ3v) is 2.50. The summed E-state index contributed by atoms with van der Waals surface area (Å²) in [7, 11) is 3.61. The highest BCUT2D eigenvalue weighted by atomic mass is 16.7. The number of likely N-dealkylation sites (N-methyl/N-ethyl adjacent to an activating group) is 1. The number of ether oxygens (including phenoxy) is 2. The van der Waals surface area contributed by atoms with Gasteiger partial charge in [0.15, 0.2) is 11.5 Å². The highest BCUT2D eigenvalue weighted by molar-refractivity contribution is 5.81. The van der Waals surface area contributed by atoms with E-state index >= 15 is 0 Å². The molecule has 1 atom stereocenters. The zero-order chi connectivity index (χ0) is 11.7. The molecule has 1 aliphatic heterocycles. The lowest BCUT2D eigenvalue weighted by Crippen LogP contribution is -2.32. The normalized spacial score (nSPS) is 15.2. The predicted molar refractivity (Wildman–Crippen MR) is 58.2 cm³/mol. The Morgan fingerprint density at radius 2 is 2.06 bits per heavy atom. The molecule has 0 bridgehead atoms. The van der Waals surface area contributed by atoms with E-state index in [9.17, 15) is 4.79 Å². The fourth-order valence-electron chi connectivity index (χ4n) is 1.80. The number of nitrogens with zero attached hydrogens (tertiary/aromatic N) is 1. The summed E-state index contributed by atoms with van der Waals surface area (Å²) in [5, 5.41) is 0. The van der Waals surface area contributed by atoms with E-state index in [0.717, 1.165) is 5.56 Å². The van der Waals surface area contributed by atoms with Crippen LogP contribution >= 0.6 is 0 Å². The average Bonchev–Trinajstić information content (AvgIpc) is 2.63. The first-order valence-corrected chi connectivity index (χ1v) is 4.95. The van der Waals surface area contributed by atoms with Gasteiger partial charge in [-0.1, -0.05) is 6.07 Å². The monoisotopic (exact) mass is 222 g/mol. The van der Waals surface area contributed by atoms with Gasteiger partial charge in [0.2, 0.25) is 12.7 Å². The second-order valence-corrected chi connectivity index (χ2v) is 3.88. The van der Waals surface area contributed by atoms with Crippen LogP contribution in [0.4, 0.5) is 0 Å². The summed E-state index contributed by atoms with van der Waals surface area (Å²) < 4.78 is 10.5. The van der Waals surface area contributed by atoms with Gasteiger partial charge < -0.3 is 15.2 Å². The lowest BCUT2D eigenvalue weighted by molar-refractivity contribution is -0.122. The molecular weight excluding hydrogens is 208 g/mol. The van der Waals surface area contributed by atoms with Gasteiger partial charge in [-0.25, -0.2) is 0 Å². The van der Waals surface area contributed by atoms with Crippen LogP contribution in [0.1, 0.15) is 11.6 Å². The maximum Gasteiger partial charge on any atom is 0.239 e. The number of carbonyl (C=O) groups excluding carboxylic acids is 1. The third kappa shape index (κ3) is 1.81. The molecule has 0 saturated heterocycles. The van der Waals surface area contributed by atoms with Gasteiger partial charge in [-0.05, 0) is 31.8 Å². The molecule has 86 valence electrons. The lowest BCUT2D eigenvalue weighted by Gasteiger charge is -2.21. The van der Waals surface area contributed by atoms with Gasteiger partial charge in [0.25, 0.3) is 0 Å². The van der Waals surface area contributed by atoms with Crippen molar-refractivity contribution in [1.82, 2.24) is 4.90 Å². The summed E-state index contributed by atoms with van der Waals surface area (Å²) in [6.45, 7) is 0.224. The molecule has 16 heavy (non-hydrogen) atoms. The van der Waals surface area contributed by atoms with Gasteiger partial charge in [-0.15, -0.1) is 0 Å². The SMILES string of the molecule is CN(C)C(C(N)=O)c1ccc2c(c1)OCO2. The van der Waals surface area contributed by atoms with Crippen molar-refractivity contribution in [3.8, 4) is 11.5 Å². The van der Waals surface area contributed by atoms with Gasteiger partial charge in [-0.3, -0.25) is 9.69 Å². The number of nitrogens with two attached hydrogens (primary N) is 1. The van der Waals surface area contributed by atoms with Crippen LogP contribution in [-0.2, 0) is 4.79 Å². The second kappa shape index (κ2) is 4.02. The van der Waals surface area contributed by atoms with Crippen LogP contribution in [0.25, 0.3) is 0 Å². The third-order valence-electron chi connectivity index (χ3n) is 2.50. The number of hydrogen-bond donors (Lipinski definition) is 1. The Kier molecular flexibility index (Phi) is 2.70. The maximum atomic E-state index is 11.4. The van der Waals surface area contributed by atoms with E-state index in [1.165, 1.54) is 0 Å². The summed E-state index contributed by atoms with van der Waals surface area (Å²) in [6, 6.07) is 4.95. The highest BCUT2D eigenvalue weighted by Gasteiger charge is 2.23. The van der Waals surface area contributed by atoms with Crippen LogP contribution in [0.5, 0.6) is 11.5 Å². The standard InChI is InChI=1S/C11H14N2O3/c1-13(2)10(11(12)14)7-3-4-8-9(5-7)16-6-15-8/h3-5,10H,6H2,1-2H3,(H2,12,14). The first-order chi connectivity index (χ1) is 7.59. The van der Waals surface area contributed by atoms with Crippen molar-refractivity contribution < 1.29 is 14.3 Å². The highest BCUT2D eigenvalue weighted by Crippen LogP contribution is 2.34. The Labute approximate surface area is 93.7 Å². The first-order valence-electron chi connectivity index (χ1n) is 4.95. The maximum absolute atomic E-state index is 11.4. The molecule has 1 unspecified atom stereocenters. The van der Waals surface area contributed by atoms with Crippen LogP contribution in [-0.4, -0.2) is 31.7 Å². The van der Waals surface area contributed by atoms with Crippen molar-refractivity contribution in [2.45, 2.75) is 6.04 Å². The van der Waals surface area contributed by atoms with Crippen LogP contribution in [0.3, 0.4) is 0 Å². The quantitative estimate of drug-likeness (QED) is 0.809. The van der Waals surface area contributed by atoms with Gasteiger partial charge in [0.05, 0.1) is 0 Å². The molecule has 0 saturated carbocycles. The molecule has 1 aliphatic rings. The van der Waals surface area contributed by atoms with Crippen molar-refractivity contribution in [3.63, 3.8) is 0 Å². The van der Waals surface area contributed by atoms with E-state index in [4.69, 9.17) is 15.2 Å². The summed E-state index contributed by atoms with van der Waals surface area (Å²) in [5.74, 6) is 0.972. The Morgan fingerprint density at radius 1 is 1.38 bits per heavy atom. The zero-order valence-corrected chi connectivity index (χ0v) is 9.27. The smallest absolute Gasteiger partial charge is 0.239 e. The Morgan fingerprint density at radius 3 is 2.69 bits per heavy atom. The van der Waals surface area contributed by atoms with Crippen molar-refractivity contribution >= 4 is 5.91 Å². The average molecular weight is 222 g/mol. The van der Waals surface area contributed by atoms with Crippen molar-refractivity contribution in [1.29, 1.82) is 0 Å². The minimum atomic E-state index is -0.450. The lowest BCUT2D eigenvalue weighted by atomic mass is 10.0. The van der Waals surface area contributed by atoms with Crippen LogP contribution in [0.15, 0.2) is 18.2 Å². The largest absolute Gasteiger partial charge is 0.454 e. The van der Waals surface area contributed by atoms with Crippen LogP contribution < -0.4 is 15.2 Å².